The van der Waals surface area contributed by atoms with Crippen LogP contribution in [0.2, 0.25) is 15.1 Å². The number of piperazine rings is 1. The van der Waals surface area contributed by atoms with E-state index in [2.05, 4.69) is 22.5 Å². The number of ether oxygens (including phenoxy) is 1. The number of rotatable bonds is 7. The van der Waals surface area contributed by atoms with Crippen LogP contribution in [-0.4, -0.2) is 54.6 Å². The van der Waals surface area contributed by atoms with Crippen LogP contribution in [0.15, 0.2) is 60.7 Å². The maximum Gasteiger partial charge on any atom is 0.258 e. The Bertz CT molecular complexity index is 1360. The molecule has 1 fully saturated rings. The van der Waals surface area contributed by atoms with E-state index >= 15 is 0 Å². The minimum absolute atomic E-state index is 0.00282. The van der Waals surface area contributed by atoms with Gasteiger partial charge in [-0.15, -0.1) is 0 Å². The van der Waals surface area contributed by atoms with Crippen molar-refractivity contribution < 1.29 is 14.3 Å². The van der Waals surface area contributed by atoms with Crippen molar-refractivity contribution in [2.24, 2.45) is 0 Å². The van der Waals surface area contributed by atoms with Gasteiger partial charge >= 0.3 is 0 Å². The van der Waals surface area contributed by atoms with E-state index < -0.39 is 5.91 Å². The fourth-order valence-electron chi connectivity index (χ4n) is 4.10. The van der Waals surface area contributed by atoms with Crippen LogP contribution in [0.25, 0.3) is 0 Å². The van der Waals surface area contributed by atoms with Crippen LogP contribution in [0.4, 0.5) is 11.4 Å². The number of anilines is 2. The van der Waals surface area contributed by atoms with Gasteiger partial charge in [-0.05, 0) is 73.2 Å². The maximum atomic E-state index is 13.0. The highest BCUT2D eigenvalue weighted by molar-refractivity contribution is 7.80. The summed E-state index contributed by atoms with van der Waals surface area (Å²) in [5, 5.41) is 6.61. The first-order chi connectivity index (χ1) is 18.8. The SMILES string of the molecule is CCCOc1ccc(C(=O)N2CCN(c3ccc(NC(=S)NC(=O)c4cccc(Cl)c4Cl)cc3Cl)CC2)cc1. The molecule has 1 saturated heterocycles. The van der Waals surface area contributed by atoms with Gasteiger partial charge in [0.2, 0.25) is 0 Å². The van der Waals surface area contributed by atoms with Gasteiger partial charge in [0.05, 0.1) is 32.9 Å². The molecular weight excluding hydrogens is 579 g/mol. The van der Waals surface area contributed by atoms with Gasteiger partial charge in [-0.2, -0.15) is 0 Å². The average Bonchev–Trinajstić information content (AvgIpc) is 2.93. The molecule has 1 aliphatic heterocycles. The van der Waals surface area contributed by atoms with Gasteiger partial charge < -0.3 is 19.9 Å². The molecule has 2 N–H and O–H groups in total. The lowest BCUT2D eigenvalue weighted by atomic mass is 10.1. The summed E-state index contributed by atoms with van der Waals surface area (Å²) in [4.78, 5) is 29.5. The first kappa shape index (κ1) is 29.0. The number of nitrogens with zero attached hydrogens (tertiary/aromatic N) is 2. The fraction of sp³-hybridized carbons (Fsp3) is 0.250. The summed E-state index contributed by atoms with van der Waals surface area (Å²) in [6.07, 6.45) is 0.931. The summed E-state index contributed by atoms with van der Waals surface area (Å²) in [6, 6.07) is 17.5. The van der Waals surface area contributed by atoms with E-state index in [9.17, 15) is 9.59 Å². The Morgan fingerprint density at radius 2 is 1.67 bits per heavy atom. The highest BCUT2D eigenvalue weighted by atomic mass is 35.5. The van der Waals surface area contributed by atoms with Crippen molar-refractivity contribution in [3.05, 3.63) is 86.9 Å². The van der Waals surface area contributed by atoms with Gasteiger partial charge in [0.1, 0.15) is 5.75 Å². The lowest BCUT2D eigenvalue weighted by molar-refractivity contribution is 0.0746. The second kappa shape index (κ2) is 13.3. The molecule has 4 rings (SSSR count). The van der Waals surface area contributed by atoms with Crippen LogP contribution < -0.4 is 20.3 Å². The van der Waals surface area contributed by atoms with Crippen LogP contribution in [0.5, 0.6) is 5.75 Å². The summed E-state index contributed by atoms with van der Waals surface area (Å²) in [7, 11) is 0. The number of nitrogens with one attached hydrogen (secondary N) is 2. The zero-order chi connectivity index (χ0) is 27.9. The normalized spacial score (nSPS) is 13.1. The van der Waals surface area contributed by atoms with Gasteiger partial charge in [0, 0.05) is 37.4 Å². The predicted octanol–water partition coefficient (Wildman–Crippen LogP) is 6.52. The molecule has 0 atom stereocenters. The minimum atomic E-state index is -0.476. The lowest BCUT2D eigenvalue weighted by Gasteiger charge is -2.36. The zero-order valence-electron chi connectivity index (χ0n) is 21.2. The molecular formula is C28H27Cl3N4O3S. The monoisotopic (exact) mass is 604 g/mol. The number of halogens is 3. The van der Waals surface area contributed by atoms with Crippen LogP contribution in [0, 0.1) is 0 Å². The van der Waals surface area contributed by atoms with Gasteiger partial charge in [0.25, 0.3) is 11.8 Å². The Labute approximate surface area is 248 Å². The van der Waals surface area contributed by atoms with Crippen molar-refractivity contribution in [1.29, 1.82) is 0 Å². The molecule has 1 aliphatic rings. The minimum Gasteiger partial charge on any atom is -0.494 e. The third-order valence-corrected chi connectivity index (χ3v) is 7.44. The molecule has 0 saturated carbocycles. The summed E-state index contributed by atoms with van der Waals surface area (Å²) >= 11 is 24.0. The summed E-state index contributed by atoms with van der Waals surface area (Å²) < 4.78 is 5.60. The Balaban J connectivity index is 1.31. The molecule has 0 unspecified atom stereocenters. The van der Waals surface area contributed by atoms with Crippen molar-refractivity contribution in [3.63, 3.8) is 0 Å². The van der Waals surface area contributed by atoms with E-state index in [0.29, 0.717) is 49.1 Å². The number of carbonyl (C=O) groups excluding carboxylic acids is 2. The topological polar surface area (TPSA) is 73.9 Å². The second-order valence-corrected chi connectivity index (χ2v) is 10.4. The molecule has 3 aromatic carbocycles. The van der Waals surface area contributed by atoms with Gasteiger partial charge in [-0.3, -0.25) is 14.9 Å². The Kier molecular flexibility index (Phi) is 9.91. The van der Waals surface area contributed by atoms with Crippen molar-refractivity contribution in [1.82, 2.24) is 10.2 Å². The van der Waals surface area contributed by atoms with Gasteiger partial charge in [-0.1, -0.05) is 47.8 Å². The number of hydrogen-bond donors (Lipinski definition) is 2. The molecule has 0 aromatic heterocycles. The molecule has 1 heterocycles. The molecule has 39 heavy (non-hydrogen) atoms. The van der Waals surface area contributed by atoms with E-state index in [1.807, 2.05) is 29.2 Å². The van der Waals surface area contributed by atoms with E-state index in [4.69, 9.17) is 51.8 Å². The standard InChI is InChI=1S/C28H27Cl3N4O3S/c1-2-16-38-20-9-6-18(7-10-20)27(37)35-14-12-34(13-15-35)24-11-8-19(17-23(24)30)32-28(39)33-26(36)21-4-3-5-22(29)25(21)31/h3-11,17H,2,12-16H2,1H3,(H2,32,33,36,39). The summed E-state index contributed by atoms with van der Waals surface area (Å²) in [5.74, 6) is 0.285. The molecule has 7 nitrogen and oxygen atoms in total. The van der Waals surface area contributed by atoms with E-state index in [0.717, 1.165) is 17.9 Å². The molecule has 2 amide bonds. The molecule has 204 valence electrons. The molecule has 0 spiro atoms. The maximum absolute atomic E-state index is 13.0. The Morgan fingerprint density at radius 1 is 0.949 bits per heavy atom. The highest BCUT2D eigenvalue weighted by Gasteiger charge is 2.24. The zero-order valence-corrected chi connectivity index (χ0v) is 24.3. The second-order valence-electron chi connectivity index (χ2n) is 8.83. The average molecular weight is 606 g/mol. The number of benzene rings is 3. The Morgan fingerprint density at radius 3 is 2.33 bits per heavy atom. The molecule has 0 aliphatic carbocycles. The van der Waals surface area contributed by atoms with E-state index in [1.165, 1.54) is 0 Å². The fourth-order valence-corrected chi connectivity index (χ4v) is 5.00. The van der Waals surface area contributed by atoms with Crippen LogP contribution >= 0.6 is 47.0 Å². The van der Waals surface area contributed by atoms with Crippen LogP contribution in [0.1, 0.15) is 34.1 Å². The predicted molar refractivity (Wildman–Crippen MR) is 162 cm³/mol. The number of hydrogen-bond acceptors (Lipinski definition) is 5. The van der Waals surface area contributed by atoms with Crippen molar-refractivity contribution in [2.45, 2.75) is 13.3 Å². The lowest BCUT2D eigenvalue weighted by Crippen LogP contribution is -2.48. The van der Waals surface area contributed by atoms with Crippen LogP contribution in [-0.2, 0) is 0 Å². The summed E-state index contributed by atoms with van der Waals surface area (Å²) in [6.45, 7) is 5.14. The molecule has 0 bridgehead atoms. The molecule has 11 heteroatoms. The third kappa shape index (κ3) is 7.33. The first-order valence-electron chi connectivity index (χ1n) is 12.4. The van der Waals surface area contributed by atoms with Crippen molar-refractivity contribution in [2.75, 3.05) is 43.0 Å². The van der Waals surface area contributed by atoms with Crippen LogP contribution in [0.3, 0.4) is 0 Å². The molecule has 0 radical (unpaired) electrons. The number of amides is 2. The highest BCUT2D eigenvalue weighted by Crippen LogP contribution is 2.30. The van der Waals surface area contributed by atoms with Gasteiger partial charge in [0.15, 0.2) is 5.11 Å². The largest absolute Gasteiger partial charge is 0.494 e. The summed E-state index contributed by atoms with van der Waals surface area (Å²) in [5.41, 5.74) is 2.33. The van der Waals surface area contributed by atoms with Crippen molar-refractivity contribution >= 4 is 75.3 Å². The third-order valence-electron chi connectivity index (χ3n) is 6.11. The van der Waals surface area contributed by atoms with Crippen molar-refractivity contribution in [3.8, 4) is 5.75 Å². The number of thiocarbonyl (C=S) groups is 1. The van der Waals surface area contributed by atoms with Gasteiger partial charge in [-0.25, -0.2) is 0 Å². The Hall–Kier alpha value is -3.04. The smallest absolute Gasteiger partial charge is 0.258 e. The van der Waals surface area contributed by atoms with E-state index in [-0.39, 0.29) is 26.6 Å². The quantitative estimate of drug-likeness (QED) is 0.299. The number of carbonyl (C=O) groups is 2. The van der Waals surface area contributed by atoms with E-state index in [1.54, 1.807) is 36.4 Å². The molecule has 3 aromatic rings. The first-order valence-corrected chi connectivity index (χ1v) is 13.9.